The number of nitrogens with two attached hydrogens (primary N) is 1. The molecule has 1 atom stereocenters. The van der Waals surface area contributed by atoms with Crippen LogP contribution in [0.1, 0.15) is 43.1 Å². The number of hydrogen-bond donors (Lipinski definition) is 1. The van der Waals surface area contributed by atoms with Crippen molar-refractivity contribution in [2.45, 2.75) is 39.2 Å². The molecule has 0 radical (unpaired) electrons. The molecule has 0 aliphatic carbocycles. The number of rotatable bonds is 7. The van der Waals surface area contributed by atoms with Crippen LogP contribution in [0.15, 0.2) is 28.8 Å². The second-order valence-electron chi connectivity index (χ2n) is 5.65. The Bertz CT molecular complexity index is 578. The first-order chi connectivity index (χ1) is 10.0. The first-order valence-electron chi connectivity index (χ1n) is 7.26. The Morgan fingerprint density at radius 2 is 2.19 bits per heavy atom. The van der Waals surface area contributed by atoms with Crippen molar-refractivity contribution in [3.05, 3.63) is 47.1 Å². The average Bonchev–Trinajstić information content (AvgIpc) is 2.88. The van der Waals surface area contributed by atoms with Crippen molar-refractivity contribution in [3.8, 4) is 0 Å². The molecule has 0 aliphatic heterocycles. The summed E-state index contributed by atoms with van der Waals surface area (Å²) in [5.74, 6) is 1.06. The van der Waals surface area contributed by atoms with Gasteiger partial charge in [0.15, 0.2) is 5.82 Å². The third-order valence-corrected chi connectivity index (χ3v) is 3.17. The molecular weight excluding hydrogens is 266 g/mol. The molecule has 1 unspecified atom stereocenters. The molecule has 0 bridgehead atoms. The molecular formula is C16H23N3O2. The van der Waals surface area contributed by atoms with E-state index in [-0.39, 0.29) is 0 Å². The van der Waals surface area contributed by atoms with Gasteiger partial charge >= 0.3 is 0 Å². The second kappa shape index (κ2) is 6.83. The lowest BCUT2D eigenvalue weighted by Gasteiger charge is -2.19. The maximum absolute atomic E-state index is 6.20. The summed E-state index contributed by atoms with van der Waals surface area (Å²) in [7, 11) is 0. The average molecular weight is 289 g/mol. The van der Waals surface area contributed by atoms with Gasteiger partial charge in [0.2, 0.25) is 5.89 Å². The zero-order chi connectivity index (χ0) is 15.3. The summed E-state index contributed by atoms with van der Waals surface area (Å²) in [4.78, 5) is 4.40. The number of hydrogen-bond acceptors (Lipinski definition) is 5. The van der Waals surface area contributed by atoms with E-state index in [1.165, 1.54) is 5.56 Å². The van der Waals surface area contributed by atoms with Gasteiger partial charge in [0.1, 0.15) is 5.54 Å². The minimum atomic E-state index is -0.733. The van der Waals surface area contributed by atoms with Gasteiger partial charge < -0.3 is 15.0 Å². The van der Waals surface area contributed by atoms with Gasteiger partial charge in [0, 0.05) is 6.61 Å². The number of benzene rings is 1. The maximum atomic E-state index is 6.20. The number of aryl methyl sites for hydroxylation is 1. The van der Waals surface area contributed by atoms with Crippen molar-refractivity contribution in [3.63, 3.8) is 0 Å². The van der Waals surface area contributed by atoms with Crippen molar-refractivity contribution < 1.29 is 9.26 Å². The molecule has 2 rings (SSSR count). The van der Waals surface area contributed by atoms with Crippen LogP contribution in [0.5, 0.6) is 0 Å². The van der Waals surface area contributed by atoms with Crippen LogP contribution < -0.4 is 5.73 Å². The van der Waals surface area contributed by atoms with Gasteiger partial charge in [-0.25, -0.2) is 0 Å². The first-order valence-corrected chi connectivity index (χ1v) is 7.26. The van der Waals surface area contributed by atoms with Crippen molar-refractivity contribution >= 4 is 0 Å². The van der Waals surface area contributed by atoms with E-state index in [1.807, 2.05) is 19.1 Å². The summed E-state index contributed by atoms with van der Waals surface area (Å²) >= 11 is 0. The molecule has 5 nitrogen and oxygen atoms in total. The lowest BCUT2D eigenvalue weighted by molar-refractivity contribution is 0.0867. The summed E-state index contributed by atoms with van der Waals surface area (Å²) in [6, 6.07) is 8.23. The summed E-state index contributed by atoms with van der Waals surface area (Å²) < 4.78 is 10.8. The zero-order valence-corrected chi connectivity index (χ0v) is 12.9. The van der Waals surface area contributed by atoms with Crippen molar-refractivity contribution in [1.82, 2.24) is 10.1 Å². The Balaban J connectivity index is 2.03. The van der Waals surface area contributed by atoms with E-state index >= 15 is 0 Å². The largest absolute Gasteiger partial charge is 0.379 e. The van der Waals surface area contributed by atoms with E-state index in [1.54, 1.807) is 0 Å². The zero-order valence-electron chi connectivity index (χ0n) is 12.9. The SMILES string of the molecule is CCCOCC(C)(N)c1noc(Cc2cccc(C)c2)n1. The van der Waals surface area contributed by atoms with Crippen LogP contribution in [-0.2, 0) is 16.7 Å². The normalized spacial score (nSPS) is 14.1. The molecule has 1 aromatic carbocycles. The van der Waals surface area contributed by atoms with Crippen LogP contribution in [0.2, 0.25) is 0 Å². The third kappa shape index (κ3) is 4.37. The van der Waals surface area contributed by atoms with Crippen LogP contribution in [0, 0.1) is 6.92 Å². The van der Waals surface area contributed by atoms with Gasteiger partial charge in [-0.05, 0) is 25.8 Å². The van der Waals surface area contributed by atoms with Crippen LogP contribution in [0.4, 0.5) is 0 Å². The molecule has 1 heterocycles. The molecule has 0 saturated heterocycles. The summed E-state index contributed by atoms with van der Waals surface area (Å²) in [6.45, 7) is 7.03. The minimum Gasteiger partial charge on any atom is -0.379 e. The van der Waals surface area contributed by atoms with E-state index in [2.05, 4.69) is 36.1 Å². The first kappa shape index (κ1) is 15.7. The third-order valence-electron chi connectivity index (χ3n) is 3.17. The number of nitrogens with zero attached hydrogens (tertiary/aromatic N) is 2. The van der Waals surface area contributed by atoms with Crippen LogP contribution in [0.25, 0.3) is 0 Å². The van der Waals surface area contributed by atoms with E-state index in [0.717, 1.165) is 12.0 Å². The summed E-state index contributed by atoms with van der Waals surface area (Å²) in [5, 5.41) is 3.99. The number of ether oxygens (including phenoxy) is 1. The topological polar surface area (TPSA) is 74.2 Å². The van der Waals surface area contributed by atoms with E-state index in [0.29, 0.717) is 31.3 Å². The van der Waals surface area contributed by atoms with Crippen molar-refractivity contribution in [2.75, 3.05) is 13.2 Å². The highest BCUT2D eigenvalue weighted by atomic mass is 16.5. The van der Waals surface area contributed by atoms with Gasteiger partial charge in [0.05, 0.1) is 13.0 Å². The van der Waals surface area contributed by atoms with E-state index < -0.39 is 5.54 Å². The molecule has 2 N–H and O–H groups in total. The Labute approximate surface area is 125 Å². The van der Waals surface area contributed by atoms with Gasteiger partial charge in [-0.1, -0.05) is 41.9 Å². The lowest BCUT2D eigenvalue weighted by atomic mass is 10.1. The molecule has 1 aromatic heterocycles. The molecule has 21 heavy (non-hydrogen) atoms. The molecule has 0 aliphatic rings. The minimum absolute atomic E-state index is 0.379. The molecule has 2 aromatic rings. The monoisotopic (exact) mass is 289 g/mol. The maximum Gasteiger partial charge on any atom is 0.231 e. The Morgan fingerprint density at radius 1 is 1.38 bits per heavy atom. The summed E-state index contributed by atoms with van der Waals surface area (Å²) in [5.41, 5.74) is 7.82. The molecule has 5 heteroatoms. The highest BCUT2D eigenvalue weighted by Crippen LogP contribution is 2.17. The van der Waals surface area contributed by atoms with E-state index in [4.69, 9.17) is 15.0 Å². The Hall–Kier alpha value is -1.72. The Kier molecular flexibility index (Phi) is 5.09. The smallest absolute Gasteiger partial charge is 0.231 e. The van der Waals surface area contributed by atoms with Gasteiger partial charge in [0.25, 0.3) is 0 Å². The van der Waals surface area contributed by atoms with Gasteiger partial charge in [-0.15, -0.1) is 0 Å². The standard InChI is InChI=1S/C16H23N3O2/c1-4-8-20-11-16(3,17)15-18-14(21-19-15)10-13-7-5-6-12(2)9-13/h5-7,9H,4,8,10-11,17H2,1-3H3. The van der Waals surface area contributed by atoms with Crippen molar-refractivity contribution in [2.24, 2.45) is 5.73 Å². The number of aromatic nitrogens is 2. The van der Waals surface area contributed by atoms with Gasteiger partial charge in [-0.2, -0.15) is 4.98 Å². The predicted molar refractivity (Wildman–Crippen MR) is 80.9 cm³/mol. The molecule has 0 saturated carbocycles. The van der Waals surface area contributed by atoms with Crippen LogP contribution in [0.3, 0.4) is 0 Å². The van der Waals surface area contributed by atoms with Gasteiger partial charge in [-0.3, -0.25) is 0 Å². The van der Waals surface area contributed by atoms with Crippen LogP contribution >= 0.6 is 0 Å². The fourth-order valence-electron chi connectivity index (χ4n) is 2.05. The molecule has 0 fully saturated rings. The summed E-state index contributed by atoms with van der Waals surface area (Å²) in [6.07, 6.45) is 1.57. The fourth-order valence-corrected chi connectivity index (χ4v) is 2.05. The molecule has 0 amide bonds. The molecule has 114 valence electrons. The Morgan fingerprint density at radius 3 is 2.90 bits per heavy atom. The lowest BCUT2D eigenvalue weighted by Crippen LogP contribution is -2.39. The highest BCUT2D eigenvalue weighted by Gasteiger charge is 2.27. The van der Waals surface area contributed by atoms with Crippen molar-refractivity contribution in [1.29, 1.82) is 0 Å². The fraction of sp³-hybridized carbons (Fsp3) is 0.500. The molecule has 0 spiro atoms. The van der Waals surface area contributed by atoms with Crippen LogP contribution in [-0.4, -0.2) is 23.4 Å². The second-order valence-corrected chi connectivity index (χ2v) is 5.65. The predicted octanol–water partition coefficient (Wildman–Crippen LogP) is 2.57. The van der Waals surface area contributed by atoms with E-state index in [9.17, 15) is 0 Å². The highest BCUT2D eigenvalue weighted by molar-refractivity contribution is 5.24. The quantitative estimate of drug-likeness (QED) is 0.793.